The van der Waals surface area contributed by atoms with Gasteiger partial charge in [-0.1, -0.05) is 6.07 Å². The third-order valence-corrected chi connectivity index (χ3v) is 4.07. The molecule has 1 fully saturated rings. The quantitative estimate of drug-likeness (QED) is 0.598. The van der Waals surface area contributed by atoms with Gasteiger partial charge in [0.05, 0.1) is 0 Å². The number of hydrogen-bond acceptors (Lipinski definition) is 5. The molecule has 2 aliphatic heterocycles. The van der Waals surface area contributed by atoms with Crippen molar-refractivity contribution in [3.63, 3.8) is 0 Å². The minimum Gasteiger partial charge on any atom is -0.454 e. The normalized spacial score (nSPS) is 16.8. The maximum absolute atomic E-state index is 12.5. The van der Waals surface area contributed by atoms with E-state index in [1.165, 1.54) is 6.92 Å². The highest BCUT2D eigenvalue weighted by Crippen LogP contribution is 2.33. The molecule has 7 nitrogen and oxygen atoms in total. The number of benzene rings is 1. The molecule has 0 bridgehead atoms. The molecule has 0 radical (unpaired) electrons. The Balaban J connectivity index is 1.73. The van der Waals surface area contributed by atoms with Gasteiger partial charge in [-0.15, -0.1) is 0 Å². The monoisotopic (exact) mass is 327 g/mol. The highest BCUT2D eigenvalue weighted by Gasteiger charge is 2.24. The van der Waals surface area contributed by atoms with Gasteiger partial charge in [-0.25, -0.2) is 0 Å². The Morgan fingerprint density at radius 2 is 1.79 bits per heavy atom. The van der Waals surface area contributed by atoms with Crippen LogP contribution in [-0.4, -0.2) is 54.6 Å². The van der Waals surface area contributed by atoms with Crippen molar-refractivity contribution in [2.75, 3.05) is 33.0 Å². The summed E-state index contributed by atoms with van der Waals surface area (Å²) in [5.74, 6) is 0.928. The first-order chi connectivity index (χ1) is 11.6. The summed E-state index contributed by atoms with van der Waals surface area (Å²) >= 11 is 0. The molecular formula is C17H17N3O4. The lowest BCUT2D eigenvalue weighted by molar-refractivity contribution is -0.135. The van der Waals surface area contributed by atoms with E-state index in [-0.39, 0.29) is 24.2 Å². The number of amides is 2. The Labute approximate surface area is 139 Å². The SMILES string of the molecule is CC(=O)N1CCN(C(=O)/C(C#N)=C\c2ccc3c(c2)OCO3)CC1. The number of hydrogen-bond donors (Lipinski definition) is 0. The third kappa shape index (κ3) is 3.18. The molecule has 3 rings (SSSR count). The fourth-order valence-corrected chi connectivity index (χ4v) is 2.71. The van der Waals surface area contributed by atoms with Gasteiger partial charge in [0.25, 0.3) is 5.91 Å². The van der Waals surface area contributed by atoms with Crippen LogP contribution < -0.4 is 9.47 Å². The first-order valence-corrected chi connectivity index (χ1v) is 7.64. The van der Waals surface area contributed by atoms with Crippen LogP contribution >= 0.6 is 0 Å². The van der Waals surface area contributed by atoms with Gasteiger partial charge in [0, 0.05) is 33.1 Å². The van der Waals surface area contributed by atoms with E-state index in [1.54, 1.807) is 34.1 Å². The predicted molar refractivity (Wildman–Crippen MR) is 85.0 cm³/mol. The minimum absolute atomic E-state index is 0.00138. The van der Waals surface area contributed by atoms with Gasteiger partial charge in [-0.05, 0) is 23.8 Å². The minimum atomic E-state index is -0.321. The third-order valence-electron chi connectivity index (χ3n) is 4.07. The smallest absolute Gasteiger partial charge is 0.264 e. The summed E-state index contributed by atoms with van der Waals surface area (Å²) in [7, 11) is 0. The topological polar surface area (TPSA) is 82.9 Å². The van der Waals surface area contributed by atoms with Crippen molar-refractivity contribution in [3.05, 3.63) is 29.3 Å². The molecule has 0 spiro atoms. The van der Waals surface area contributed by atoms with Crippen LogP contribution in [0, 0.1) is 11.3 Å². The molecule has 2 heterocycles. The summed E-state index contributed by atoms with van der Waals surface area (Å²) in [6.45, 7) is 3.52. The van der Waals surface area contributed by atoms with Crippen molar-refractivity contribution < 1.29 is 19.1 Å². The summed E-state index contributed by atoms with van der Waals surface area (Å²) in [5, 5.41) is 9.34. The molecular weight excluding hydrogens is 310 g/mol. The molecule has 0 aliphatic carbocycles. The Bertz CT molecular complexity index is 743. The Hall–Kier alpha value is -3.01. The van der Waals surface area contributed by atoms with Crippen LogP contribution in [0.2, 0.25) is 0 Å². The lowest BCUT2D eigenvalue weighted by Gasteiger charge is -2.34. The fourth-order valence-electron chi connectivity index (χ4n) is 2.71. The second kappa shape index (κ2) is 6.62. The molecule has 1 aromatic rings. The number of rotatable bonds is 2. The summed E-state index contributed by atoms with van der Waals surface area (Å²) in [6.07, 6.45) is 1.54. The summed E-state index contributed by atoms with van der Waals surface area (Å²) in [4.78, 5) is 27.1. The highest BCUT2D eigenvalue weighted by atomic mass is 16.7. The second-order valence-corrected chi connectivity index (χ2v) is 5.58. The Kier molecular flexibility index (Phi) is 4.38. The van der Waals surface area contributed by atoms with Crippen LogP contribution in [0.1, 0.15) is 12.5 Å². The van der Waals surface area contributed by atoms with E-state index in [0.29, 0.717) is 43.2 Å². The van der Waals surface area contributed by atoms with Gasteiger partial charge in [-0.3, -0.25) is 9.59 Å². The number of ether oxygens (including phenoxy) is 2. The van der Waals surface area contributed by atoms with Crippen LogP contribution in [0.25, 0.3) is 6.08 Å². The molecule has 0 N–H and O–H groups in total. The second-order valence-electron chi connectivity index (χ2n) is 5.58. The first kappa shape index (κ1) is 15.9. The van der Waals surface area contributed by atoms with Crippen molar-refractivity contribution in [1.29, 1.82) is 5.26 Å². The van der Waals surface area contributed by atoms with Gasteiger partial charge < -0.3 is 19.3 Å². The molecule has 0 unspecified atom stereocenters. The molecule has 0 saturated carbocycles. The Morgan fingerprint density at radius 3 is 2.46 bits per heavy atom. The number of piperazine rings is 1. The molecule has 7 heteroatoms. The zero-order valence-electron chi connectivity index (χ0n) is 13.3. The number of fused-ring (bicyclic) bond motifs is 1. The van der Waals surface area contributed by atoms with E-state index in [9.17, 15) is 14.9 Å². The van der Waals surface area contributed by atoms with Crippen molar-refractivity contribution in [3.8, 4) is 17.6 Å². The van der Waals surface area contributed by atoms with E-state index in [4.69, 9.17) is 9.47 Å². The van der Waals surface area contributed by atoms with E-state index >= 15 is 0 Å². The average molecular weight is 327 g/mol. The van der Waals surface area contributed by atoms with E-state index in [1.807, 2.05) is 6.07 Å². The van der Waals surface area contributed by atoms with E-state index in [2.05, 4.69) is 0 Å². The lowest BCUT2D eigenvalue weighted by Crippen LogP contribution is -2.50. The van der Waals surface area contributed by atoms with Gasteiger partial charge >= 0.3 is 0 Å². The van der Waals surface area contributed by atoms with Crippen LogP contribution in [0.15, 0.2) is 23.8 Å². The summed E-state index contributed by atoms with van der Waals surface area (Å²) < 4.78 is 10.5. The average Bonchev–Trinajstić information content (AvgIpc) is 3.07. The maximum atomic E-state index is 12.5. The van der Waals surface area contributed by atoms with E-state index < -0.39 is 0 Å². The lowest BCUT2D eigenvalue weighted by atomic mass is 10.1. The Morgan fingerprint density at radius 1 is 1.12 bits per heavy atom. The van der Waals surface area contributed by atoms with Crippen LogP contribution in [-0.2, 0) is 9.59 Å². The molecule has 24 heavy (non-hydrogen) atoms. The standard InChI is InChI=1S/C17H17N3O4/c1-12(21)19-4-6-20(7-5-19)17(22)14(10-18)8-13-2-3-15-16(9-13)24-11-23-15/h2-3,8-9H,4-7,11H2,1H3/b14-8-. The first-order valence-electron chi connectivity index (χ1n) is 7.64. The zero-order valence-corrected chi connectivity index (χ0v) is 13.3. The zero-order chi connectivity index (χ0) is 17.1. The van der Waals surface area contributed by atoms with Crippen molar-refractivity contribution in [1.82, 2.24) is 9.80 Å². The number of nitriles is 1. The van der Waals surface area contributed by atoms with Gasteiger partial charge in [0.1, 0.15) is 11.6 Å². The molecule has 2 amide bonds. The van der Waals surface area contributed by atoms with Crippen LogP contribution in [0.5, 0.6) is 11.5 Å². The number of carbonyl (C=O) groups excluding carboxylic acids is 2. The number of nitrogens with zero attached hydrogens (tertiary/aromatic N) is 3. The molecule has 1 aromatic carbocycles. The highest BCUT2D eigenvalue weighted by molar-refractivity contribution is 6.01. The van der Waals surface area contributed by atoms with Gasteiger partial charge in [-0.2, -0.15) is 5.26 Å². The molecule has 0 atom stereocenters. The predicted octanol–water partition coefficient (Wildman–Crippen LogP) is 1.01. The fraction of sp³-hybridized carbons (Fsp3) is 0.353. The molecule has 2 aliphatic rings. The van der Waals surface area contributed by atoms with Gasteiger partial charge in [0.15, 0.2) is 11.5 Å². The molecule has 124 valence electrons. The van der Waals surface area contributed by atoms with Crippen molar-refractivity contribution in [2.24, 2.45) is 0 Å². The molecule has 0 aromatic heterocycles. The van der Waals surface area contributed by atoms with Crippen molar-refractivity contribution >= 4 is 17.9 Å². The largest absolute Gasteiger partial charge is 0.454 e. The summed E-state index contributed by atoms with van der Waals surface area (Å²) in [5.41, 5.74) is 0.761. The van der Waals surface area contributed by atoms with Gasteiger partial charge in [0.2, 0.25) is 12.7 Å². The van der Waals surface area contributed by atoms with Crippen LogP contribution in [0.4, 0.5) is 0 Å². The van der Waals surface area contributed by atoms with Crippen LogP contribution in [0.3, 0.4) is 0 Å². The number of carbonyl (C=O) groups is 2. The van der Waals surface area contributed by atoms with E-state index in [0.717, 1.165) is 0 Å². The molecule has 1 saturated heterocycles. The maximum Gasteiger partial charge on any atom is 0.264 e. The summed E-state index contributed by atoms with van der Waals surface area (Å²) in [6, 6.07) is 7.22. The van der Waals surface area contributed by atoms with Crippen molar-refractivity contribution in [2.45, 2.75) is 6.92 Å².